The summed E-state index contributed by atoms with van der Waals surface area (Å²) in [6.45, 7) is 6.14. The van der Waals surface area contributed by atoms with Crippen LogP contribution in [0, 0.1) is 6.92 Å². The van der Waals surface area contributed by atoms with Crippen molar-refractivity contribution in [3.8, 4) is 0 Å². The van der Waals surface area contributed by atoms with Crippen LogP contribution in [0.25, 0.3) is 0 Å². The third-order valence-corrected chi connectivity index (χ3v) is 5.30. The molecule has 0 spiro atoms. The number of carbonyl (C=O) groups is 1. The van der Waals surface area contributed by atoms with Gasteiger partial charge in [0.05, 0.1) is 6.04 Å². The van der Waals surface area contributed by atoms with Crippen molar-refractivity contribution in [2.75, 3.05) is 13.1 Å². The van der Waals surface area contributed by atoms with Crippen molar-refractivity contribution in [3.05, 3.63) is 17.7 Å². The molecule has 2 N–H and O–H groups in total. The number of amides is 1. The Morgan fingerprint density at radius 3 is 2.55 bits per heavy atom. The van der Waals surface area contributed by atoms with Crippen LogP contribution in [-0.2, 0) is 4.79 Å². The van der Waals surface area contributed by atoms with Crippen molar-refractivity contribution < 1.29 is 4.79 Å². The van der Waals surface area contributed by atoms with Crippen LogP contribution in [0.2, 0.25) is 0 Å². The number of nitrogens with zero attached hydrogens (tertiary/aromatic N) is 2. The highest BCUT2D eigenvalue weighted by atomic mass is 16.2. The molecule has 22 heavy (non-hydrogen) atoms. The Morgan fingerprint density at radius 2 is 1.95 bits per heavy atom. The van der Waals surface area contributed by atoms with Gasteiger partial charge in [0.15, 0.2) is 0 Å². The normalized spacial score (nSPS) is 23.4. The summed E-state index contributed by atoms with van der Waals surface area (Å²) in [7, 11) is 0. The largest absolute Gasteiger partial charge is 0.345 e. The summed E-state index contributed by atoms with van der Waals surface area (Å²) in [5.41, 5.74) is 0.757. The molecular formula is C17H28N4O. The van der Waals surface area contributed by atoms with Crippen molar-refractivity contribution in [2.24, 2.45) is 0 Å². The molecule has 1 atom stereocenters. The first kappa shape index (κ1) is 15.5. The van der Waals surface area contributed by atoms with E-state index in [9.17, 15) is 4.79 Å². The summed E-state index contributed by atoms with van der Waals surface area (Å²) in [6, 6.07) is -0.0670. The monoisotopic (exact) mass is 304 g/mol. The Balaban J connectivity index is 1.74. The molecule has 1 saturated heterocycles. The number of imidazole rings is 1. The van der Waals surface area contributed by atoms with Gasteiger partial charge in [-0.15, -0.1) is 0 Å². The van der Waals surface area contributed by atoms with Gasteiger partial charge in [0.25, 0.3) is 0 Å². The molecule has 5 heteroatoms. The molecule has 5 nitrogen and oxygen atoms in total. The molecule has 2 heterocycles. The van der Waals surface area contributed by atoms with E-state index in [2.05, 4.69) is 20.2 Å². The molecule has 1 aromatic heterocycles. The predicted molar refractivity (Wildman–Crippen MR) is 86.5 cm³/mol. The van der Waals surface area contributed by atoms with Crippen LogP contribution < -0.4 is 5.32 Å². The molecule has 2 fully saturated rings. The Labute approximate surface area is 132 Å². The maximum absolute atomic E-state index is 13.1. The number of hydrogen-bond donors (Lipinski definition) is 2. The molecule has 0 unspecified atom stereocenters. The van der Waals surface area contributed by atoms with Crippen molar-refractivity contribution in [2.45, 2.75) is 70.4 Å². The summed E-state index contributed by atoms with van der Waals surface area (Å²) in [4.78, 5) is 23.1. The smallest absolute Gasteiger partial charge is 0.241 e. The SMILES string of the molecule is Cc1cnc([C@H](C)NC(=O)C2(N3CCCC3)CCCCC2)[nH]1. The summed E-state index contributed by atoms with van der Waals surface area (Å²) in [6.07, 6.45) is 9.86. The topological polar surface area (TPSA) is 61.0 Å². The summed E-state index contributed by atoms with van der Waals surface area (Å²) in [5.74, 6) is 1.05. The Morgan fingerprint density at radius 1 is 1.27 bits per heavy atom. The van der Waals surface area contributed by atoms with E-state index >= 15 is 0 Å². The summed E-state index contributed by atoms with van der Waals surface area (Å²) >= 11 is 0. The number of hydrogen-bond acceptors (Lipinski definition) is 3. The van der Waals surface area contributed by atoms with Crippen LogP contribution in [0.3, 0.4) is 0 Å². The zero-order chi connectivity index (χ0) is 15.6. The minimum Gasteiger partial charge on any atom is -0.345 e. The van der Waals surface area contributed by atoms with E-state index in [4.69, 9.17) is 0 Å². The number of H-pyrrole nitrogens is 1. The van der Waals surface area contributed by atoms with Gasteiger partial charge in [-0.2, -0.15) is 0 Å². The first-order valence-electron chi connectivity index (χ1n) is 8.69. The number of aryl methyl sites for hydroxylation is 1. The quantitative estimate of drug-likeness (QED) is 0.899. The lowest BCUT2D eigenvalue weighted by atomic mass is 9.79. The summed E-state index contributed by atoms with van der Waals surface area (Å²) < 4.78 is 0. The first-order valence-corrected chi connectivity index (χ1v) is 8.69. The van der Waals surface area contributed by atoms with Crippen molar-refractivity contribution in [3.63, 3.8) is 0 Å². The van der Waals surface area contributed by atoms with E-state index in [1.54, 1.807) is 0 Å². The van der Waals surface area contributed by atoms with Crippen LogP contribution in [0.1, 0.15) is 69.4 Å². The zero-order valence-corrected chi connectivity index (χ0v) is 13.8. The fourth-order valence-corrected chi connectivity index (χ4v) is 4.02. The second-order valence-corrected chi connectivity index (χ2v) is 6.93. The van der Waals surface area contributed by atoms with Crippen LogP contribution in [0.5, 0.6) is 0 Å². The first-order chi connectivity index (χ1) is 10.6. The van der Waals surface area contributed by atoms with Crippen LogP contribution in [-0.4, -0.2) is 39.4 Å². The van der Waals surface area contributed by atoms with Gasteiger partial charge in [0.1, 0.15) is 11.4 Å². The molecular weight excluding hydrogens is 276 g/mol. The lowest BCUT2D eigenvalue weighted by Crippen LogP contribution is -2.59. The van der Waals surface area contributed by atoms with Gasteiger partial charge in [-0.1, -0.05) is 19.3 Å². The molecule has 1 aliphatic heterocycles. The van der Waals surface area contributed by atoms with E-state index in [1.807, 2.05) is 20.0 Å². The molecule has 0 radical (unpaired) electrons. The fourth-order valence-electron chi connectivity index (χ4n) is 4.02. The highest BCUT2D eigenvalue weighted by molar-refractivity contribution is 5.86. The van der Waals surface area contributed by atoms with Gasteiger partial charge >= 0.3 is 0 Å². The highest BCUT2D eigenvalue weighted by Gasteiger charge is 2.45. The van der Waals surface area contributed by atoms with Gasteiger partial charge in [-0.05, 0) is 52.6 Å². The third-order valence-electron chi connectivity index (χ3n) is 5.30. The second kappa shape index (κ2) is 6.41. The average Bonchev–Trinajstić information content (AvgIpc) is 3.19. The van der Waals surface area contributed by atoms with E-state index in [0.29, 0.717) is 0 Å². The standard InChI is InChI=1S/C17H28N4O/c1-13-12-18-15(19-13)14(2)20-16(22)17(8-4-3-5-9-17)21-10-6-7-11-21/h12,14H,3-11H2,1-2H3,(H,18,19)(H,20,22)/t14-/m0/s1. The molecule has 1 amide bonds. The van der Waals surface area contributed by atoms with Crippen molar-refractivity contribution in [1.29, 1.82) is 0 Å². The average molecular weight is 304 g/mol. The van der Waals surface area contributed by atoms with Crippen molar-refractivity contribution >= 4 is 5.91 Å². The molecule has 1 saturated carbocycles. The predicted octanol–water partition coefficient (Wildman–Crippen LogP) is 2.69. The molecule has 3 rings (SSSR count). The number of rotatable bonds is 4. The van der Waals surface area contributed by atoms with E-state index in [-0.39, 0.29) is 17.5 Å². The molecule has 1 aliphatic carbocycles. The molecule has 122 valence electrons. The molecule has 0 bridgehead atoms. The number of carbonyl (C=O) groups excluding carboxylic acids is 1. The number of nitrogens with one attached hydrogen (secondary N) is 2. The Hall–Kier alpha value is -1.36. The minimum absolute atomic E-state index is 0.0670. The van der Waals surface area contributed by atoms with E-state index in [0.717, 1.165) is 50.3 Å². The lowest BCUT2D eigenvalue weighted by molar-refractivity contribution is -0.136. The Bertz CT molecular complexity index is 512. The van der Waals surface area contributed by atoms with Gasteiger partial charge in [0, 0.05) is 11.9 Å². The number of aromatic amines is 1. The summed E-state index contributed by atoms with van der Waals surface area (Å²) in [5, 5.41) is 3.22. The van der Waals surface area contributed by atoms with Crippen LogP contribution in [0.15, 0.2) is 6.20 Å². The molecule has 0 aromatic carbocycles. The minimum atomic E-state index is -0.273. The van der Waals surface area contributed by atoms with Gasteiger partial charge in [0.2, 0.25) is 5.91 Å². The third kappa shape index (κ3) is 2.91. The van der Waals surface area contributed by atoms with E-state index in [1.165, 1.54) is 19.3 Å². The number of aromatic nitrogens is 2. The second-order valence-electron chi connectivity index (χ2n) is 6.93. The maximum Gasteiger partial charge on any atom is 0.241 e. The zero-order valence-electron chi connectivity index (χ0n) is 13.8. The van der Waals surface area contributed by atoms with Gasteiger partial charge in [-0.25, -0.2) is 4.98 Å². The number of likely N-dealkylation sites (tertiary alicyclic amines) is 1. The Kier molecular flexibility index (Phi) is 4.52. The van der Waals surface area contributed by atoms with E-state index < -0.39 is 0 Å². The van der Waals surface area contributed by atoms with Gasteiger partial charge in [-0.3, -0.25) is 9.69 Å². The fraction of sp³-hybridized carbons (Fsp3) is 0.765. The highest BCUT2D eigenvalue weighted by Crippen LogP contribution is 2.36. The molecule has 2 aliphatic rings. The van der Waals surface area contributed by atoms with Crippen LogP contribution >= 0.6 is 0 Å². The van der Waals surface area contributed by atoms with Crippen LogP contribution in [0.4, 0.5) is 0 Å². The van der Waals surface area contributed by atoms with Gasteiger partial charge < -0.3 is 10.3 Å². The lowest BCUT2D eigenvalue weighted by Gasteiger charge is -2.43. The van der Waals surface area contributed by atoms with Crippen molar-refractivity contribution in [1.82, 2.24) is 20.2 Å². The molecule has 1 aromatic rings. The maximum atomic E-state index is 13.1.